The predicted molar refractivity (Wildman–Crippen MR) is 116 cm³/mol. The lowest BCUT2D eigenvalue weighted by atomic mass is 9.76. The highest BCUT2D eigenvalue weighted by Crippen LogP contribution is 2.34. The normalized spacial score (nSPS) is 22.5. The van der Waals surface area contributed by atoms with Crippen molar-refractivity contribution in [2.45, 2.75) is 50.7 Å². The topological polar surface area (TPSA) is 151 Å². The average Bonchev–Trinajstić information content (AvgIpc) is 2.77. The quantitative estimate of drug-likeness (QED) is 0.200. The molecule has 0 spiro atoms. The van der Waals surface area contributed by atoms with Gasteiger partial charge in [0, 0.05) is 26.3 Å². The van der Waals surface area contributed by atoms with E-state index in [9.17, 15) is 29.4 Å². The van der Waals surface area contributed by atoms with Crippen LogP contribution in [0.2, 0.25) is 0 Å². The first-order valence-electron chi connectivity index (χ1n) is 10.8. The molecule has 180 valence electrons. The van der Waals surface area contributed by atoms with Crippen LogP contribution in [0.4, 0.5) is 0 Å². The number of carbonyl (C=O) groups excluding carboxylic acids is 2. The molecule has 0 heterocycles. The molecule has 0 aliphatic heterocycles. The van der Waals surface area contributed by atoms with E-state index < -0.39 is 36.0 Å². The van der Waals surface area contributed by atoms with Gasteiger partial charge in [-0.2, -0.15) is 0 Å². The Kier molecular flexibility index (Phi) is 12.9. The van der Waals surface area contributed by atoms with Crippen molar-refractivity contribution < 1.29 is 38.9 Å². The number of amides is 2. The van der Waals surface area contributed by atoms with Crippen LogP contribution in [0.5, 0.6) is 0 Å². The summed E-state index contributed by atoms with van der Waals surface area (Å²) in [6.45, 7) is 8.37. The number of unbranched alkanes of at least 4 members (excludes halogenated alkanes) is 2. The Morgan fingerprint density at radius 2 is 1.12 bits per heavy atom. The zero-order valence-electron chi connectivity index (χ0n) is 18.3. The molecule has 0 radical (unpaired) electrons. The summed E-state index contributed by atoms with van der Waals surface area (Å²) in [5, 5.41) is 24.3. The van der Waals surface area contributed by atoms with Gasteiger partial charge < -0.3 is 30.3 Å². The minimum absolute atomic E-state index is 0.0551. The molecule has 10 heteroatoms. The predicted octanol–water partition coefficient (Wildman–Crippen LogP) is 1.12. The summed E-state index contributed by atoms with van der Waals surface area (Å²) in [5.74, 6) is -4.90. The number of carboxylic acids is 2. The number of hydrogen-bond acceptors (Lipinski definition) is 6. The maximum atomic E-state index is 11.6. The zero-order valence-corrected chi connectivity index (χ0v) is 18.3. The van der Waals surface area contributed by atoms with Gasteiger partial charge in [-0.3, -0.25) is 19.2 Å². The zero-order chi connectivity index (χ0) is 23.9. The Morgan fingerprint density at radius 1 is 0.750 bits per heavy atom. The van der Waals surface area contributed by atoms with Crippen LogP contribution in [0.15, 0.2) is 25.3 Å². The lowest BCUT2D eigenvalue weighted by Gasteiger charge is -2.37. The fourth-order valence-electron chi connectivity index (χ4n) is 3.52. The summed E-state index contributed by atoms with van der Waals surface area (Å²) in [6, 6.07) is 0. The minimum atomic E-state index is -1.16. The summed E-state index contributed by atoms with van der Waals surface area (Å²) in [7, 11) is 0. The van der Waals surface area contributed by atoms with Gasteiger partial charge in [0.05, 0.1) is 24.0 Å². The number of ether oxygens (including phenoxy) is 2. The molecule has 1 fully saturated rings. The first kappa shape index (κ1) is 27.3. The van der Waals surface area contributed by atoms with Gasteiger partial charge in [0.15, 0.2) is 0 Å². The summed E-state index contributed by atoms with van der Waals surface area (Å²) in [4.78, 5) is 45.4. The van der Waals surface area contributed by atoms with E-state index in [-0.39, 0.29) is 24.7 Å². The molecule has 1 aliphatic carbocycles. The first-order valence-corrected chi connectivity index (χ1v) is 10.8. The largest absolute Gasteiger partial charge is 0.481 e. The number of hydrogen-bond donors (Lipinski definition) is 4. The molecule has 1 saturated carbocycles. The van der Waals surface area contributed by atoms with Crippen LogP contribution in [0.1, 0.15) is 38.5 Å². The molecular weight excluding hydrogens is 420 g/mol. The molecule has 1 rings (SSSR count). The van der Waals surface area contributed by atoms with Crippen LogP contribution < -0.4 is 10.6 Å². The number of carbonyl (C=O) groups is 4. The fourth-order valence-corrected chi connectivity index (χ4v) is 3.52. The van der Waals surface area contributed by atoms with Crippen LogP contribution in [-0.4, -0.2) is 72.5 Å². The van der Waals surface area contributed by atoms with Crippen molar-refractivity contribution in [3.05, 3.63) is 25.3 Å². The molecule has 0 aromatic heterocycles. The highest BCUT2D eigenvalue weighted by molar-refractivity contribution is 5.87. The molecule has 0 aromatic carbocycles. The van der Waals surface area contributed by atoms with E-state index in [2.05, 4.69) is 23.8 Å². The van der Waals surface area contributed by atoms with Crippen LogP contribution in [-0.2, 0) is 28.7 Å². The second-order valence-electron chi connectivity index (χ2n) is 7.58. The van der Waals surface area contributed by atoms with E-state index in [1.807, 2.05) is 0 Å². The molecule has 2 amide bonds. The van der Waals surface area contributed by atoms with Gasteiger partial charge in [0.1, 0.15) is 0 Å². The van der Waals surface area contributed by atoms with E-state index in [1.54, 1.807) is 0 Å². The fraction of sp³-hybridized carbons (Fsp3) is 0.636. The van der Waals surface area contributed by atoms with E-state index in [0.29, 0.717) is 52.0 Å². The monoisotopic (exact) mass is 454 g/mol. The minimum Gasteiger partial charge on any atom is -0.481 e. The molecule has 4 unspecified atom stereocenters. The van der Waals surface area contributed by atoms with Crippen LogP contribution in [0.3, 0.4) is 0 Å². The van der Waals surface area contributed by atoms with Crippen molar-refractivity contribution in [3.63, 3.8) is 0 Å². The smallest absolute Gasteiger partial charge is 0.307 e. The highest BCUT2D eigenvalue weighted by atomic mass is 16.5. The Morgan fingerprint density at radius 3 is 1.44 bits per heavy atom. The second kappa shape index (κ2) is 15.1. The van der Waals surface area contributed by atoms with Crippen molar-refractivity contribution in [2.24, 2.45) is 11.8 Å². The van der Waals surface area contributed by atoms with E-state index in [4.69, 9.17) is 9.47 Å². The van der Waals surface area contributed by atoms with Gasteiger partial charge in [0.25, 0.3) is 0 Å². The molecule has 0 bridgehead atoms. The number of nitrogens with one attached hydrogen (secondary N) is 2. The molecule has 10 nitrogen and oxygen atoms in total. The van der Waals surface area contributed by atoms with Gasteiger partial charge in [-0.15, -0.1) is 0 Å². The lowest BCUT2D eigenvalue weighted by Crippen LogP contribution is -2.47. The third-order valence-corrected chi connectivity index (χ3v) is 5.28. The van der Waals surface area contributed by atoms with E-state index in [1.165, 1.54) is 12.2 Å². The van der Waals surface area contributed by atoms with Crippen LogP contribution in [0, 0.1) is 11.8 Å². The Hall–Kier alpha value is -2.72. The number of carboxylic acid groups (broad SMARTS) is 2. The van der Waals surface area contributed by atoms with Crippen molar-refractivity contribution >= 4 is 23.8 Å². The average molecular weight is 455 g/mol. The molecule has 1 aliphatic rings. The number of aliphatic carboxylic acids is 2. The molecule has 32 heavy (non-hydrogen) atoms. The SMILES string of the molecule is C=CC(=O)NCCCCOC1CC(C(=O)O)C(C(=O)O)CC1OCCCCNC(=O)C=C. The van der Waals surface area contributed by atoms with Gasteiger partial charge in [-0.25, -0.2) is 0 Å². The third kappa shape index (κ3) is 10.1. The highest BCUT2D eigenvalue weighted by Gasteiger charge is 2.45. The number of rotatable bonds is 16. The maximum Gasteiger partial charge on any atom is 0.307 e. The van der Waals surface area contributed by atoms with Crippen molar-refractivity contribution in [1.29, 1.82) is 0 Å². The Bertz CT molecular complexity index is 610. The first-order chi connectivity index (χ1) is 15.3. The summed E-state index contributed by atoms with van der Waals surface area (Å²) >= 11 is 0. The van der Waals surface area contributed by atoms with Gasteiger partial charge >= 0.3 is 11.9 Å². The van der Waals surface area contributed by atoms with E-state index >= 15 is 0 Å². The third-order valence-electron chi connectivity index (χ3n) is 5.28. The van der Waals surface area contributed by atoms with Crippen molar-refractivity contribution in [1.82, 2.24) is 10.6 Å². The molecule has 4 N–H and O–H groups in total. The Balaban J connectivity index is 2.55. The van der Waals surface area contributed by atoms with Crippen LogP contribution >= 0.6 is 0 Å². The Labute approximate surface area is 188 Å². The summed E-state index contributed by atoms with van der Waals surface area (Å²) < 4.78 is 11.8. The van der Waals surface area contributed by atoms with Crippen molar-refractivity contribution in [2.75, 3.05) is 26.3 Å². The molecule has 0 saturated heterocycles. The van der Waals surface area contributed by atoms with Gasteiger partial charge in [-0.05, 0) is 50.7 Å². The van der Waals surface area contributed by atoms with Gasteiger partial charge in [0.2, 0.25) is 11.8 Å². The molecule has 0 aromatic rings. The maximum absolute atomic E-state index is 11.6. The lowest BCUT2D eigenvalue weighted by molar-refractivity contribution is -0.169. The summed E-state index contributed by atoms with van der Waals surface area (Å²) in [5.41, 5.74) is 0. The second-order valence-corrected chi connectivity index (χ2v) is 7.58. The van der Waals surface area contributed by atoms with Gasteiger partial charge in [-0.1, -0.05) is 13.2 Å². The van der Waals surface area contributed by atoms with E-state index in [0.717, 1.165) is 0 Å². The molecule has 4 atom stereocenters. The van der Waals surface area contributed by atoms with Crippen molar-refractivity contribution in [3.8, 4) is 0 Å². The summed E-state index contributed by atoms with van der Waals surface area (Å²) in [6.07, 6.45) is 4.07. The van der Waals surface area contributed by atoms with Crippen LogP contribution in [0.25, 0.3) is 0 Å². The standard InChI is InChI=1S/C22H34N2O8/c1-3-19(25)23-9-5-7-11-31-17-13-15(21(27)28)16(22(29)30)14-18(17)32-12-8-6-10-24-20(26)4-2/h3-4,15-18H,1-2,5-14H2,(H,23,25)(H,24,26)(H,27,28)(H,29,30). The molecular formula is C22H34N2O8.